The van der Waals surface area contributed by atoms with E-state index in [1.807, 2.05) is 12.1 Å². The summed E-state index contributed by atoms with van der Waals surface area (Å²) in [6.07, 6.45) is 1.30. The standard InChI is InChI=1S/C12H11IN2O2S/c1-9-12(16)15(5-6-17-9)11-3-2-10(14-8-11)4-7-18-13/h2-3,8-9H,5-6H2,1H3. The van der Waals surface area contributed by atoms with Gasteiger partial charge in [0, 0.05) is 27.8 Å². The van der Waals surface area contributed by atoms with E-state index in [-0.39, 0.29) is 12.0 Å². The van der Waals surface area contributed by atoms with E-state index in [0.717, 1.165) is 5.69 Å². The van der Waals surface area contributed by atoms with Gasteiger partial charge < -0.3 is 9.64 Å². The first-order valence-electron chi connectivity index (χ1n) is 5.40. The van der Waals surface area contributed by atoms with Crippen molar-refractivity contribution >= 4 is 41.7 Å². The topological polar surface area (TPSA) is 42.4 Å². The summed E-state index contributed by atoms with van der Waals surface area (Å²) in [5.41, 5.74) is 1.50. The zero-order valence-corrected chi connectivity index (χ0v) is 12.7. The van der Waals surface area contributed by atoms with E-state index in [9.17, 15) is 4.79 Å². The van der Waals surface area contributed by atoms with Crippen LogP contribution in [0.5, 0.6) is 0 Å². The molecular weight excluding hydrogens is 363 g/mol. The number of carbonyl (C=O) groups is 1. The maximum atomic E-state index is 11.9. The number of ether oxygens (including phenoxy) is 1. The maximum Gasteiger partial charge on any atom is 0.255 e. The molecule has 1 unspecified atom stereocenters. The Hall–Kier alpha value is -0.780. The number of hydrogen-bond donors (Lipinski definition) is 0. The Kier molecular flexibility index (Phi) is 4.86. The van der Waals surface area contributed by atoms with E-state index in [4.69, 9.17) is 4.74 Å². The molecule has 1 aromatic rings. The van der Waals surface area contributed by atoms with Crippen molar-refractivity contribution in [3.8, 4) is 11.2 Å². The molecule has 1 aromatic heterocycles. The van der Waals surface area contributed by atoms with Gasteiger partial charge in [0.2, 0.25) is 0 Å². The Morgan fingerprint density at radius 3 is 3.11 bits per heavy atom. The maximum absolute atomic E-state index is 11.9. The molecule has 18 heavy (non-hydrogen) atoms. The van der Waals surface area contributed by atoms with Crippen molar-refractivity contribution in [2.45, 2.75) is 13.0 Å². The average Bonchev–Trinajstić information content (AvgIpc) is 2.40. The van der Waals surface area contributed by atoms with Gasteiger partial charge in [0.05, 0.1) is 18.5 Å². The van der Waals surface area contributed by atoms with Crippen LogP contribution in [0.1, 0.15) is 12.6 Å². The van der Waals surface area contributed by atoms with Gasteiger partial charge in [0.15, 0.2) is 0 Å². The van der Waals surface area contributed by atoms with Crippen LogP contribution in [0.3, 0.4) is 0 Å². The molecule has 2 heterocycles. The SMILES string of the molecule is CC1OCCN(c2ccc(C#CSI)nc2)C1=O. The normalized spacial score (nSPS) is 19.3. The summed E-state index contributed by atoms with van der Waals surface area (Å²) in [5, 5.41) is 2.87. The predicted molar refractivity (Wildman–Crippen MR) is 80.5 cm³/mol. The number of aromatic nitrogens is 1. The summed E-state index contributed by atoms with van der Waals surface area (Å²) >= 11 is 2.11. The number of hydrogen-bond acceptors (Lipinski definition) is 4. The highest BCUT2D eigenvalue weighted by molar-refractivity contribution is 14.2. The molecule has 0 spiro atoms. The van der Waals surface area contributed by atoms with Crippen LogP contribution in [-0.4, -0.2) is 30.1 Å². The van der Waals surface area contributed by atoms with Gasteiger partial charge in [-0.1, -0.05) is 0 Å². The summed E-state index contributed by atoms with van der Waals surface area (Å²) in [5.74, 6) is 2.89. The second-order valence-corrected chi connectivity index (χ2v) is 5.39. The fraction of sp³-hybridized carbons (Fsp3) is 0.333. The van der Waals surface area contributed by atoms with Gasteiger partial charge in [-0.25, -0.2) is 4.98 Å². The lowest BCUT2D eigenvalue weighted by atomic mass is 10.2. The van der Waals surface area contributed by atoms with Crippen molar-refractivity contribution in [1.29, 1.82) is 0 Å². The van der Waals surface area contributed by atoms with Gasteiger partial charge in [-0.05, 0) is 39.2 Å². The summed E-state index contributed by atoms with van der Waals surface area (Å²) < 4.78 is 5.28. The van der Waals surface area contributed by atoms with Crippen LogP contribution in [0.4, 0.5) is 5.69 Å². The minimum absolute atomic E-state index is 0.0234. The van der Waals surface area contributed by atoms with Gasteiger partial charge in [-0.2, -0.15) is 0 Å². The molecule has 94 valence electrons. The summed E-state index contributed by atoms with van der Waals surface area (Å²) in [7, 11) is 1.42. The van der Waals surface area contributed by atoms with Crippen LogP contribution < -0.4 is 4.90 Å². The lowest BCUT2D eigenvalue weighted by molar-refractivity contribution is -0.132. The van der Waals surface area contributed by atoms with Crippen molar-refractivity contribution in [2.75, 3.05) is 18.1 Å². The number of anilines is 1. The Balaban J connectivity index is 2.16. The predicted octanol–water partition coefficient (Wildman–Crippen LogP) is 2.23. The lowest BCUT2D eigenvalue weighted by Crippen LogP contribution is -2.46. The van der Waals surface area contributed by atoms with Crippen LogP contribution in [0.15, 0.2) is 18.3 Å². The Morgan fingerprint density at radius 1 is 1.61 bits per heavy atom. The lowest BCUT2D eigenvalue weighted by Gasteiger charge is -2.30. The zero-order valence-electron chi connectivity index (χ0n) is 9.72. The molecule has 1 aliphatic heterocycles. The smallest absolute Gasteiger partial charge is 0.255 e. The monoisotopic (exact) mass is 374 g/mol. The van der Waals surface area contributed by atoms with Crippen LogP contribution in [0, 0.1) is 11.2 Å². The number of rotatable bonds is 1. The van der Waals surface area contributed by atoms with Crippen molar-refractivity contribution in [1.82, 2.24) is 4.98 Å². The van der Waals surface area contributed by atoms with Gasteiger partial charge in [0.25, 0.3) is 5.91 Å². The Bertz CT molecular complexity index is 495. The van der Waals surface area contributed by atoms with Crippen LogP contribution >= 0.6 is 30.1 Å². The number of pyridine rings is 1. The van der Waals surface area contributed by atoms with E-state index in [2.05, 4.69) is 37.4 Å². The third kappa shape index (κ3) is 3.16. The van der Waals surface area contributed by atoms with Gasteiger partial charge in [0.1, 0.15) is 11.8 Å². The minimum Gasteiger partial charge on any atom is -0.367 e. The zero-order chi connectivity index (χ0) is 13.0. The largest absolute Gasteiger partial charge is 0.367 e. The number of morpholine rings is 1. The molecule has 0 bridgehead atoms. The molecule has 0 N–H and O–H groups in total. The number of nitrogens with zero attached hydrogens (tertiary/aromatic N) is 2. The van der Waals surface area contributed by atoms with Crippen molar-refractivity contribution in [2.24, 2.45) is 0 Å². The molecule has 0 aliphatic carbocycles. The Morgan fingerprint density at radius 2 is 2.44 bits per heavy atom. The summed E-state index contributed by atoms with van der Waals surface area (Å²) in [4.78, 5) is 17.8. The molecule has 0 aromatic carbocycles. The van der Waals surface area contributed by atoms with E-state index in [1.165, 1.54) is 8.93 Å². The fourth-order valence-electron chi connectivity index (χ4n) is 1.67. The van der Waals surface area contributed by atoms with Gasteiger partial charge in [-0.3, -0.25) is 4.79 Å². The molecule has 4 nitrogen and oxygen atoms in total. The quantitative estimate of drug-likeness (QED) is 0.559. The molecule has 1 fully saturated rings. The van der Waals surface area contributed by atoms with E-state index >= 15 is 0 Å². The molecule has 1 atom stereocenters. The third-order valence-corrected chi connectivity index (χ3v) is 3.41. The number of carbonyl (C=O) groups excluding carboxylic acids is 1. The second kappa shape index (κ2) is 6.41. The van der Waals surface area contributed by atoms with E-state index in [1.54, 1.807) is 18.0 Å². The third-order valence-electron chi connectivity index (χ3n) is 2.57. The van der Waals surface area contributed by atoms with Crippen LogP contribution in [0.2, 0.25) is 0 Å². The van der Waals surface area contributed by atoms with E-state index in [0.29, 0.717) is 18.8 Å². The Labute approximate surface area is 122 Å². The molecule has 6 heteroatoms. The molecular formula is C12H11IN2O2S. The molecule has 1 amide bonds. The van der Waals surface area contributed by atoms with Crippen LogP contribution in [-0.2, 0) is 9.53 Å². The number of amides is 1. The average molecular weight is 374 g/mol. The van der Waals surface area contributed by atoms with Gasteiger partial charge >= 0.3 is 0 Å². The van der Waals surface area contributed by atoms with Crippen molar-refractivity contribution < 1.29 is 9.53 Å². The van der Waals surface area contributed by atoms with Crippen molar-refractivity contribution in [3.05, 3.63) is 24.0 Å². The first kappa shape index (κ1) is 13.6. The fourth-order valence-corrected chi connectivity index (χ4v) is 2.14. The molecule has 0 saturated carbocycles. The molecule has 0 radical (unpaired) electrons. The summed E-state index contributed by atoms with van der Waals surface area (Å²) in [6, 6.07) is 3.69. The van der Waals surface area contributed by atoms with E-state index < -0.39 is 0 Å². The first-order chi connectivity index (χ1) is 8.72. The number of halogens is 1. The van der Waals surface area contributed by atoms with Crippen LogP contribution in [0.25, 0.3) is 0 Å². The highest BCUT2D eigenvalue weighted by Gasteiger charge is 2.26. The second-order valence-electron chi connectivity index (χ2n) is 3.71. The molecule has 2 rings (SSSR count). The molecule has 1 saturated heterocycles. The first-order valence-corrected chi connectivity index (χ1v) is 8.76. The molecule has 1 aliphatic rings. The summed E-state index contributed by atoms with van der Waals surface area (Å²) in [6.45, 7) is 2.89. The van der Waals surface area contributed by atoms with Gasteiger partial charge in [-0.15, -0.1) is 0 Å². The highest BCUT2D eigenvalue weighted by Crippen LogP contribution is 2.18. The minimum atomic E-state index is -0.381. The highest BCUT2D eigenvalue weighted by atomic mass is 127. The van der Waals surface area contributed by atoms with Crippen molar-refractivity contribution in [3.63, 3.8) is 0 Å².